The molecule has 2 aromatic rings. The van der Waals surface area contributed by atoms with Crippen LogP contribution in [-0.2, 0) is 6.42 Å². The van der Waals surface area contributed by atoms with Crippen molar-refractivity contribution < 1.29 is 4.92 Å². The Morgan fingerprint density at radius 3 is 2.00 bits per heavy atom. The quantitative estimate of drug-likeness (QED) is 0.430. The molecule has 2 aromatic carbocycles. The number of hydrogen-bond acceptors (Lipinski definition) is 2. The number of benzene rings is 2. The molecule has 0 aromatic heterocycles. The van der Waals surface area contributed by atoms with Gasteiger partial charge in [0.25, 0.3) is 5.69 Å². The van der Waals surface area contributed by atoms with Gasteiger partial charge in [-0.25, -0.2) is 0 Å². The van der Waals surface area contributed by atoms with E-state index in [-0.39, 0.29) is 11.1 Å². The Morgan fingerprint density at radius 1 is 1.00 bits per heavy atom. The van der Waals surface area contributed by atoms with Gasteiger partial charge in [0.1, 0.15) is 0 Å². The van der Waals surface area contributed by atoms with E-state index in [4.69, 9.17) is 11.6 Å². The van der Waals surface area contributed by atoms with Gasteiger partial charge in [-0.05, 0) is 29.0 Å². The monoisotopic (exact) mass is 303 g/mol. The molecule has 0 fully saturated rings. The Balaban J connectivity index is 2.06. The van der Waals surface area contributed by atoms with Crippen molar-refractivity contribution in [3.63, 3.8) is 0 Å². The Bertz CT molecular complexity index is 606. The minimum atomic E-state index is -0.396. The number of nitro groups is 1. The summed E-state index contributed by atoms with van der Waals surface area (Å²) >= 11 is 6.44. The third-order valence-corrected chi connectivity index (χ3v) is 3.93. The predicted octanol–water partition coefficient (Wildman–Crippen LogP) is 5.24. The fourth-order valence-electron chi connectivity index (χ4n) is 2.17. The molecule has 0 spiro atoms. The molecule has 0 saturated carbocycles. The van der Waals surface area contributed by atoms with Gasteiger partial charge in [-0.15, -0.1) is 11.6 Å². The lowest BCUT2D eigenvalue weighted by molar-refractivity contribution is -0.384. The average molecular weight is 304 g/mol. The molecular weight excluding hydrogens is 286 g/mol. The number of hydrogen-bond donors (Lipinski definition) is 0. The molecular formula is C17H18ClNO2. The molecule has 0 aliphatic carbocycles. The lowest BCUT2D eigenvalue weighted by Gasteiger charge is -2.12. The van der Waals surface area contributed by atoms with Gasteiger partial charge in [0.2, 0.25) is 0 Å². The normalized spacial score (nSPS) is 12.4. The lowest BCUT2D eigenvalue weighted by atomic mass is 9.98. The second-order valence-corrected chi connectivity index (χ2v) is 5.94. The summed E-state index contributed by atoms with van der Waals surface area (Å²) < 4.78 is 0. The Labute approximate surface area is 129 Å². The Hall–Kier alpha value is -1.87. The van der Waals surface area contributed by atoms with Crippen LogP contribution in [0.5, 0.6) is 0 Å². The van der Waals surface area contributed by atoms with Crippen molar-refractivity contribution in [3.05, 3.63) is 75.3 Å². The lowest BCUT2D eigenvalue weighted by Crippen LogP contribution is -1.97. The average Bonchev–Trinajstić information content (AvgIpc) is 2.47. The van der Waals surface area contributed by atoms with E-state index in [9.17, 15) is 10.1 Å². The van der Waals surface area contributed by atoms with Crippen molar-refractivity contribution in [3.8, 4) is 0 Å². The molecule has 21 heavy (non-hydrogen) atoms. The topological polar surface area (TPSA) is 43.1 Å². The fourth-order valence-corrected chi connectivity index (χ4v) is 2.49. The molecule has 0 saturated heterocycles. The fraction of sp³-hybridized carbons (Fsp3) is 0.294. The highest BCUT2D eigenvalue weighted by molar-refractivity contribution is 6.20. The highest BCUT2D eigenvalue weighted by atomic mass is 35.5. The molecule has 0 aliphatic rings. The zero-order chi connectivity index (χ0) is 15.4. The van der Waals surface area contributed by atoms with Crippen LogP contribution in [0.15, 0.2) is 48.5 Å². The molecule has 0 aliphatic heterocycles. The molecule has 3 nitrogen and oxygen atoms in total. The van der Waals surface area contributed by atoms with Gasteiger partial charge < -0.3 is 0 Å². The summed E-state index contributed by atoms with van der Waals surface area (Å²) in [5.74, 6) is 0.502. The van der Waals surface area contributed by atoms with Gasteiger partial charge in [-0.2, -0.15) is 0 Å². The van der Waals surface area contributed by atoms with E-state index in [2.05, 4.69) is 38.1 Å². The van der Waals surface area contributed by atoms with Crippen LogP contribution in [0.2, 0.25) is 0 Å². The maximum absolute atomic E-state index is 10.6. The molecule has 0 bridgehead atoms. The largest absolute Gasteiger partial charge is 0.269 e. The van der Waals surface area contributed by atoms with E-state index >= 15 is 0 Å². The predicted molar refractivity (Wildman–Crippen MR) is 85.9 cm³/mol. The van der Waals surface area contributed by atoms with Crippen LogP contribution in [0.4, 0.5) is 5.69 Å². The molecule has 0 amide bonds. The van der Waals surface area contributed by atoms with Crippen molar-refractivity contribution in [2.24, 2.45) is 0 Å². The second-order valence-electron chi connectivity index (χ2n) is 5.42. The molecule has 1 atom stereocenters. The first-order valence-corrected chi connectivity index (χ1v) is 7.38. The summed E-state index contributed by atoms with van der Waals surface area (Å²) in [5, 5.41) is 10.5. The standard InChI is InChI=1S/C17H18ClNO2/c1-12(2)14-5-7-15(8-6-14)17(18)11-13-3-9-16(10-4-13)19(20)21/h3-10,12,17H,11H2,1-2H3. The number of non-ortho nitro benzene ring substituents is 1. The Morgan fingerprint density at radius 2 is 1.52 bits per heavy atom. The van der Waals surface area contributed by atoms with E-state index < -0.39 is 4.92 Å². The Kier molecular flexibility index (Phi) is 4.97. The first-order valence-electron chi connectivity index (χ1n) is 6.94. The number of halogens is 1. The highest BCUT2D eigenvalue weighted by Gasteiger charge is 2.11. The molecule has 4 heteroatoms. The minimum Gasteiger partial charge on any atom is -0.258 e. The van der Waals surface area contributed by atoms with Crippen LogP contribution < -0.4 is 0 Å². The zero-order valence-corrected chi connectivity index (χ0v) is 12.9. The van der Waals surface area contributed by atoms with E-state index in [1.165, 1.54) is 17.7 Å². The first kappa shape index (κ1) is 15.5. The molecule has 0 heterocycles. The van der Waals surface area contributed by atoms with Gasteiger partial charge in [-0.1, -0.05) is 50.2 Å². The van der Waals surface area contributed by atoms with Crippen molar-refractivity contribution in [1.82, 2.24) is 0 Å². The van der Waals surface area contributed by atoms with Gasteiger partial charge in [0.05, 0.1) is 10.3 Å². The van der Waals surface area contributed by atoms with Gasteiger partial charge in [0.15, 0.2) is 0 Å². The number of alkyl halides is 1. The highest BCUT2D eigenvalue weighted by Crippen LogP contribution is 2.27. The van der Waals surface area contributed by atoms with Crippen molar-refractivity contribution >= 4 is 17.3 Å². The number of nitrogens with zero attached hydrogens (tertiary/aromatic N) is 1. The summed E-state index contributed by atoms with van der Waals surface area (Å²) in [4.78, 5) is 10.2. The third kappa shape index (κ3) is 4.05. The number of nitro benzene ring substituents is 1. The van der Waals surface area contributed by atoms with Gasteiger partial charge in [-0.3, -0.25) is 10.1 Å². The van der Waals surface area contributed by atoms with Crippen LogP contribution >= 0.6 is 11.6 Å². The second kappa shape index (κ2) is 6.72. The molecule has 0 radical (unpaired) electrons. The first-order chi connectivity index (χ1) is 9.97. The third-order valence-electron chi connectivity index (χ3n) is 3.53. The SMILES string of the molecule is CC(C)c1ccc(C(Cl)Cc2ccc([N+](=O)[O-])cc2)cc1. The van der Waals surface area contributed by atoms with Crippen LogP contribution in [-0.4, -0.2) is 4.92 Å². The van der Waals surface area contributed by atoms with Gasteiger partial charge in [0, 0.05) is 12.1 Å². The van der Waals surface area contributed by atoms with Crippen molar-refractivity contribution in [2.75, 3.05) is 0 Å². The smallest absolute Gasteiger partial charge is 0.258 e. The van der Waals surface area contributed by atoms with Crippen LogP contribution in [0, 0.1) is 10.1 Å². The van der Waals surface area contributed by atoms with Crippen LogP contribution in [0.25, 0.3) is 0 Å². The maximum Gasteiger partial charge on any atom is 0.269 e. The van der Waals surface area contributed by atoms with E-state index in [0.29, 0.717) is 12.3 Å². The van der Waals surface area contributed by atoms with E-state index in [0.717, 1.165) is 11.1 Å². The summed E-state index contributed by atoms with van der Waals surface area (Å²) in [6.45, 7) is 4.31. The molecule has 0 N–H and O–H groups in total. The molecule has 110 valence electrons. The van der Waals surface area contributed by atoms with Crippen LogP contribution in [0.1, 0.15) is 41.8 Å². The van der Waals surface area contributed by atoms with Crippen molar-refractivity contribution in [1.29, 1.82) is 0 Å². The number of rotatable bonds is 5. The molecule has 1 unspecified atom stereocenters. The van der Waals surface area contributed by atoms with E-state index in [1.807, 2.05) is 0 Å². The minimum absolute atomic E-state index is 0.103. The summed E-state index contributed by atoms with van der Waals surface area (Å²) in [5.41, 5.74) is 3.46. The van der Waals surface area contributed by atoms with Crippen LogP contribution in [0.3, 0.4) is 0 Å². The van der Waals surface area contributed by atoms with Gasteiger partial charge >= 0.3 is 0 Å². The summed E-state index contributed by atoms with van der Waals surface area (Å²) in [6, 6.07) is 14.9. The summed E-state index contributed by atoms with van der Waals surface area (Å²) in [7, 11) is 0. The van der Waals surface area contributed by atoms with Crippen molar-refractivity contribution in [2.45, 2.75) is 31.6 Å². The zero-order valence-electron chi connectivity index (χ0n) is 12.1. The van der Waals surface area contributed by atoms with E-state index in [1.54, 1.807) is 12.1 Å². The maximum atomic E-state index is 10.6. The molecule has 2 rings (SSSR count). The summed E-state index contributed by atoms with van der Waals surface area (Å²) in [6.07, 6.45) is 0.653.